The molecule has 0 aliphatic rings. The van der Waals surface area contributed by atoms with Crippen molar-refractivity contribution in [2.75, 3.05) is 19.6 Å². The van der Waals surface area contributed by atoms with Gasteiger partial charge in [0.2, 0.25) is 0 Å². The lowest BCUT2D eigenvalue weighted by Gasteiger charge is -2.26. The minimum Gasteiger partial charge on any atom is -0.389 e. The average Bonchev–Trinajstić information content (AvgIpc) is 2.27. The van der Waals surface area contributed by atoms with E-state index in [0.29, 0.717) is 6.54 Å². The largest absolute Gasteiger partial charge is 0.389 e. The van der Waals surface area contributed by atoms with Crippen LogP contribution in [0.2, 0.25) is 0 Å². The molecule has 2 nitrogen and oxygen atoms in total. The van der Waals surface area contributed by atoms with Crippen molar-refractivity contribution >= 4 is 6.08 Å². The second kappa shape index (κ2) is 6.58. The molecule has 1 aromatic carbocycles. The zero-order chi connectivity index (χ0) is 12.7. The van der Waals surface area contributed by atoms with E-state index in [9.17, 15) is 5.11 Å². The Morgan fingerprint density at radius 2 is 1.88 bits per heavy atom. The van der Waals surface area contributed by atoms with Crippen molar-refractivity contribution in [2.45, 2.75) is 26.4 Å². The first-order valence-corrected chi connectivity index (χ1v) is 6.17. The maximum absolute atomic E-state index is 9.77. The van der Waals surface area contributed by atoms with Crippen molar-refractivity contribution in [2.24, 2.45) is 0 Å². The second-order valence-electron chi connectivity index (χ2n) is 4.95. The maximum Gasteiger partial charge on any atom is 0.0718 e. The molecular formula is C15H23NO. The molecule has 17 heavy (non-hydrogen) atoms. The molecule has 0 aromatic heterocycles. The Hall–Kier alpha value is -1.12. The summed E-state index contributed by atoms with van der Waals surface area (Å²) < 4.78 is 0. The number of rotatable bonds is 6. The van der Waals surface area contributed by atoms with E-state index in [0.717, 1.165) is 13.1 Å². The van der Waals surface area contributed by atoms with Gasteiger partial charge in [0.15, 0.2) is 0 Å². The lowest BCUT2D eigenvalue weighted by Crippen LogP contribution is -2.38. The molecule has 0 aliphatic heterocycles. The second-order valence-corrected chi connectivity index (χ2v) is 4.95. The van der Waals surface area contributed by atoms with Crippen LogP contribution in [-0.4, -0.2) is 35.2 Å². The Balaban J connectivity index is 2.45. The summed E-state index contributed by atoms with van der Waals surface area (Å²) in [6, 6.07) is 10.3. The van der Waals surface area contributed by atoms with Gasteiger partial charge in [0, 0.05) is 13.1 Å². The van der Waals surface area contributed by atoms with Gasteiger partial charge in [-0.3, -0.25) is 4.90 Å². The Labute approximate surface area is 105 Å². The summed E-state index contributed by atoms with van der Waals surface area (Å²) in [6.45, 7) is 8.32. The van der Waals surface area contributed by atoms with Crippen LogP contribution in [-0.2, 0) is 0 Å². The van der Waals surface area contributed by atoms with E-state index in [1.165, 1.54) is 5.56 Å². The number of aliphatic hydroxyl groups is 1. The van der Waals surface area contributed by atoms with Gasteiger partial charge < -0.3 is 5.11 Å². The zero-order valence-electron chi connectivity index (χ0n) is 11.1. The number of likely N-dealkylation sites (N-methyl/N-ethyl adjacent to an activating group) is 1. The van der Waals surface area contributed by atoms with Gasteiger partial charge in [-0.25, -0.2) is 0 Å². The van der Waals surface area contributed by atoms with E-state index < -0.39 is 5.60 Å². The van der Waals surface area contributed by atoms with E-state index in [-0.39, 0.29) is 0 Å². The fraction of sp³-hybridized carbons (Fsp3) is 0.467. The SMILES string of the molecule is CCN(CC=Cc1ccccc1)CC(C)(C)O. The van der Waals surface area contributed by atoms with Gasteiger partial charge >= 0.3 is 0 Å². The molecule has 0 atom stereocenters. The Bertz CT molecular complexity index is 338. The highest BCUT2D eigenvalue weighted by Gasteiger charge is 2.15. The van der Waals surface area contributed by atoms with Crippen LogP contribution in [0.4, 0.5) is 0 Å². The van der Waals surface area contributed by atoms with Crippen LogP contribution >= 0.6 is 0 Å². The zero-order valence-corrected chi connectivity index (χ0v) is 11.1. The van der Waals surface area contributed by atoms with Gasteiger partial charge in [-0.15, -0.1) is 0 Å². The van der Waals surface area contributed by atoms with Crippen molar-refractivity contribution in [1.82, 2.24) is 4.90 Å². The smallest absolute Gasteiger partial charge is 0.0718 e. The number of nitrogens with zero attached hydrogens (tertiary/aromatic N) is 1. The fourth-order valence-electron chi connectivity index (χ4n) is 1.75. The lowest BCUT2D eigenvalue weighted by molar-refractivity contribution is 0.0417. The molecule has 1 aromatic rings. The highest BCUT2D eigenvalue weighted by atomic mass is 16.3. The first kappa shape index (κ1) is 13.9. The predicted molar refractivity (Wildman–Crippen MR) is 73.9 cm³/mol. The van der Waals surface area contributed by atoms with Crippen LogP contribution < -0.4 is 0 Å². The molecule has 0 fully saturated rings. The molecule has 1 rings (SSSR count). The fourth-order valence-corrected chi connectivity index (χ4v) is 1.75. The molecule has 0 spiro atoms. The normalized spacial score (nSPS) is 12.5. The number of benzene rings is 1. The van der Waals surface area contributed by atoms with Crippen LogP contribution in [0.1, 0.15) is 26.3 Å². The summed E-state index contributed by atoms with van der Waals surface area (Å²) in [7, 11) is 0. The summed E-state index contributed by atoms with van der Waals surface area (Å²) >= 11 is 0. The number of hydrogen-bond donors (Lipinski definition) is 1. The average molecular weight is 233 g/mol. The molecule has 0 saturated carbocycles. The van der Waals surface area contributed by atoms with Gasteiger partial charge in [0.1, 0.15) is 0 Å². The summed E-state index contributed by atoms with van der Waals surface area (Å²) in [6.07, 6.45) is 4.26. The van der Waals surface area contributed by atoms with Gasteiger partial charge in [-0.05, 0) is 26.0 Å². The maximum atomic E-state index is 9.77. The van der Waals surface area contributed by atoms with Crippen molar-refractivity contribution in [3.8, 4) is 0 Å². The minimum atomic E-state index is -0.628. The lowest BCUT2D eigenvalue weighted by atomic mass is 10.1. The van der Waals surface area contributed by atoms with Crippen LogP contribution in [0.3, 0.4) is 0 Å². The highest BCUT2D eigenvalue weighted by molar-refractivity contribution is 5.48. The van der Waals surface area contributed by atoms with E-state index in [1.54, 1.807) is 0 Å². The van der Waals surface area contributed by atoms with E-state index in [1.807, 2.05) is 32.0 Å². The minimum absolute atomic E-state index is 0.628. The van der Waals surface area contributed by atoms with Crippen LogP contribution in [0, 0.1) is 0 Å². The molecule has 1 N–H and O–H groups in total. The van der Waals surface area contributed by atoms with Crippen LogP contribution in [0.25, 0.3) is 6.08 Å². The standard InChI is InChI=1S/C15H23NO/c1-4-16(13-15(2,3)17)12-8-11-14-9-6-5-7-10-14/h5-11,17H,4,12-13H2,1-3H3. The molecule has 94 valence electrons. The molecule has 0 radical (unpaired) electrons. The molecule has 0 unspecified atom stereocenters. The first-order valence-electron chi connectivity index (χ1n) is 6.17. The van der Waals surface area contributed by atoms with Crippen molar-refractivity contribution in [3.05, 3.63) is 42.0 Å². The third-order valence-corrected chi connectivity index (χ3v) is 2.53. The van der Waals surface area contributed by atoms with Crippen LogP contribution in [0.15, 0.2) is 36.4 Å². The molecule has 0 saturated heterocycles. The molecule has 0 aliphatic carbocycles. The molecule has 0 heterocycles. The van der Waals surface area contributed by atoms with Gasteiger partial charge in [0.05, 0.1) is 5.60 Å². The Kier molecular flexibility index (Phi) is 5.39. The summed E-state index contributed by atoms with van der Waals surface area (Å²) in [5, 5.41) is 9.77. The molecule has 0 amide bonds. The topological polar surface area (TPSA) is 23.5 Å². The highest BCUT2D eigenvalue weighted by Crippen LogP contribution is 2.06. The van der Waals surface area contributed by atoms with Crippen LogP contribution in [0.5, 0.6) is 0 Å². The monoisotopic (exact) mass is 233 g/mol. The summed E-state index contributed by atoms with van der Waals surface area (Å²) in [5.74, 6) is 0. The first-order chi connectivity index (χ1) is 8.01. The Morgan fingerprint density at radius 3 is 2.41 bits per heavy atom. The number of hydrogen-bond acceptors (Lipinski definition) is 2. The Morgan fingerprint density at radius 1 is 1.24 bits per heavy atom. The molecule has 2 heteroatoms. The van der Waals surface area contributed by atoms with E-state index >= 15 is 0 Å². The molecule has 0 bridgehead atoms. The van der Waals surface area contributed by atoms with Crippen molar-refractivity contribution < 1.29 is 5.11 Å². The third kappa shape index (κ3) is 6.25. The summed E-state index contributed by atoms with van der Waals surface area (Å²) in [5.41, 5.74) is 0.586. The van der Waals surface area contributed by atoms with Crippen molar-refractivity contribution in [3.63, 3.8) is 0 Å². The summed E-state index contributed by atoms with van der Waals surface area (Å²) in [4.78, 5) is 2.22. The molecular weight excluding hydrogens is 210 g/mol. The van der Waals surface area contributed by atoms with Gasteiger partial charge in [-0.1, -0.05) is 49.4 Å². The van der Waals surface area contributed by atoms with Gasteiger partial charge in [-0.2, -0.15) is 0 Å². The van der Waals surface area contributed by atoms with E-state index in [2.05, 4.69) is 36.1 Å². The predicted octanol–water partition coefficient (Wildman–Crippen LogP) is 2.79. The van der Waals surface area contributed by atoms with E-state index in [4.69, 9.17) is 0 Å². The quantitative estimate of drug-likeness (QED) is 0.816. The third-order valence-electron chi connectivity index (χ3n) is 2.53. The van der Waals surface area contributed by atoms with Crippen molar-refractivity contribution in [1.29, 1.82) is 0 Å². The van der Waals surface area contributed by atoms with Gasteiger partial charge in [0.25, 0.3) is 0 Å².